The van der Waals surface area contributed by atoms with Gasteiger partial charge in [0.1, 0.15) is 5.76 Å². The van der Waals surface area contributed by atoms with E-state index < -0.39 is 11.7 Å². The molecule has 16 heavy (non-hydrogen) atoms. The first-order valence-electron chi connectivity index (χ1n) is 4.70. The minimum Gasteiger partial charge on any atom is -0.464 e. The molecule has 0 aliphatic rings. The number of alkyl halides is 3. The van der Waals surface area contributed by atoms with Gasteiger partial charge in [-0.15, -0.1) is 0 Å². The monoisotopic (exact) mass is 226 g/mol. The van der Waals surface area contributed by atoms with E-state index in [1.54, 1.807) is 18.2 Å². The molecule has 0 atom stereocenters. The highest BCUT2D eigenvalue weighted by molar-refractivity contribution is 5.59. The fourth-order valence-corrected chi connectivity index (χ4v) is 1.52. The van der Waals surface area contributed by atoms with Crippen LogP contribution in [-0.2, 0) is 6.18 Å². The van der Waals surface area contributed by atoms with Gasteiger partial charge in [0.15, 0.2) is 0 Å². The normalized spacial score (nSPS) is 11.8. The second kappa shape index (κ2) is 3.70. The average molecular weight is 226 g/mol. The summed E-state index contributed by atoms with van der Waals surface area (Å²) in [6, 6.07) is 7.44. The van der Waals surface area contributed by atoms with Crippen LogP contribution >= 0.6 is 0 Å². The zero-order chi connectivity index (χ0) is 11.8. The van der Waals surface area contributed by atoms with Crippen LogP contribution in [0.2, 0.25) is 0 Å². The summed E-state index contributed by atoms with van der Waals surface area (Å²) in [5.74, 6) is 0.436. The Bertz CT molecular complexity index is 483. The standard InChI is InChI=1S/C12H9F3O/c1-8-4-5-9(11-3-2-6-16-11)7-10(8)12(13,14)15/h2-7H,1H3. The fraction of sp³-hybridized carbons (Fsp3) is 0.167. The van der Waals surface area contributed by atoms with E-state index in [-0.39, 0.29) is 5.56 Å². The van der Waals surface area contributed by atoms with Crippen molar-refractivity contribution in [3.8, 4) is 11.3 Å². The zero-order valence-electron chi connectivity index (χ0n) is 8.51. The highest BCUT2D eigenvalue weighted by atomic mass is 19.4. The van der Waals surface area contributed by atoms with Crippen LogP contribution in [0.3, 0.4) is 0 Å². The Morgan fingerprint density at radius 1 is 1.12 bits per heavy atom. The SMILES string of the molecule is Cc1ccc(-c2ccco2)cc1C(F)(F)F. The van der Waals surface area contributed by atoms with Gasteiger partial charge in [0.25, 0.3) is 0 Å². The largest absolute Gasteiger partial charge is 0.464 e. The Morgan fingerprint density at radius 2 is 1.88 bits per heavy atom. The number of hydrogen-bond donors (Lipinski definition) is 0. The molecule has 1 aromatic carbocycles. The second-order valence-corrected chi connectivity index (χ2v) is 3.50. The fourth-order valence-electron chi connectivity index (χ4n) is 1.52. The smallest absolute Gasteiger partial charge is 0.416 e. The van der Waals surface area contributed by atoms with Crippen LogP contribution in [0.5, 0.6) is 0 Å². The lowest BCUT2D eigenvalue weighted by molar-refractivity contribution is -0.138. The first-order chi connectivity index (χ1) is 7.48. The minimum absolute atomic E-state index is 0.211. The minimum atomic E-state index is -4.33. The van der Waals surface area contributed by atoms with Crippen molar-refractivity contribution in [2.45, 2.75) is 13.1 Å². The summed E-state index contributed by atoms with van der Waals surface area (Å²) in [5.41, 5.74) is 0.0205. The average Bonchev–Trinajstić information content (AvgIpc) is 2.69. The Hall–Kier alpha value is -1.71. The molecule has 0 unspecified atom stereocenters. The number of furan rings is 1. The molecule has 0 radical (unpaired) electrons. The Labute approximate surface area is 90.5 Å². The third kappa shape index (κ3) is 1.96. The summed E-state index contributed by atoms with van der Waals surface area (Å²) in [6.07, 6.45) is -2.89. The van der Waals surface area contributed by atoms with Crippen molar-refractivity contribution in [1.29, 1.82) is 0 Å². The summed E-state index contributed by atoms with van der Waals surface area (Å²) in [5, 5.41) is 0. The molecule has 0 aliphatic heterocycles. The van der Waals surface area contributed by atoms with E-state index in [1.165, 1.54) is 19.3 Å². The van der Waals surface area contributed by atoms with Crippen LogP contribution in [0.15, 0.2) is 41.0 Å². The van der Waals surface area contributed by atoms with Crippen LogP contribution in [0.25, 0.3) is 11.3 Å². The van der Waals surface area contributed by atoms with Crippen molar-refractivity contribution >= 4 is 0 Å². The first-order valence-corrected chi connectivity index (χ1v) is 4.70. The molecule has 0 saturated carbocycles. The van der Waals surface area contributed by atoms with Crippen molar-refractivity contribution < 1.29 is 17.6 Å². The lowest BCUT2D eigenvalue weighted by atomic mass is 10.0. The van der Waals surface area contributed by atoms with Gasteiger partial charge in [0.2, 0.25) is 0 Å². The van der Waals surface area contributed by atoms with Crippen molar-refractivity contribution in [1.82, 2.24) is 0 Å². The molecular weight excluding hydrogens is 217 g/mol. The maximum Gasteiger partial charge on any atom is 0.416 e. The van der Waals surface area contributed by atoms with Crippen LogP contribution in [0.4, 0.5) is 13.2 Å². The van der Waals surface area contributed by atoms with E-state index in [0.717, 1.165) is 6.07 Å². The molecule has 84 valence electrons. The van der Waals surface area contributed by atoms with E-state index in [4.69, 9.17) is 4.42 Å². The van der Waals surface area contributed by atoms with Crippen molar-refractivity contribution in [3.63, 3.8) is 0 Å². The van der Waals surface area contributed by atoms with Gasteiger partial charge in [-0.05, 0) is 30.7 Å². The Kier molecular flexibility index (Phi) is 2.50. The molecule has 0 fully saturated rings. The van der Waals surface area contributed by atoms with E-state index in [9.17, 15) is 13.2 Å². The molecule has 1 heterocycles. The Morgan fingerprint density at radius 3 is 2.44 bits per heavy atom. The zero-order valence-corrected chi connectivity index (χ0v) is 8.51. The molecular formula is C12H9F3O. The maximum absolute atomic E-state index is 12.6. The van der Waals surface area contributed by atoms with E-state index >= 15 is 0 Å². The molecule has 1 nitrogen and oxygen atoms in total. The van der Waals surface area contributed by atoms with Crippen molar-refractivity contribution in [3.05, 3.63) is 47.7 Å². The van der Waals surface area contributed by atoms with Gasteiger partial charge >= 0.3 is 6.18 Å². The summed E-state index contributed by atoms with van der Waals surface area (Å²) in [6.45, 7) is 1.44. The number of aryl methyl sites for hydroxylation is 1. The molecule has 0 aliphatic carbocycles. The van der Waals surface area contributed by atoms with Gasteiger partial charge in [0, 0.05) is 5.56 Å². The third-order valence-electron chi connectivity index (χ3n) is 2.35. The van der Waals surface area contributed by atoms with Gasteiger partial charge in [-0.3, -0.25) is 0 Å². The summed E-state index contributed by atoms with van der Waals surface area (Å²) in [7, 11) is 0. The highest BCUT2D eigenvalue weighted by Gasteiger charge is 2.32. The number of rotatable bonds is 1. The van der Waals surface area contributed by atoms with Crippen molar-refractivity contribution in [2.24, 2.45) is 0 Å². The van der Waals surface area contributed by atoms with E-state index in [2.05, 4.69) is 0 Å². The maximum atomic E-state index is 12.6. The topological polar surface area (TPSA) is 13.1 Å². The van der Waals surface area contributed by atoms with Gasteiger partial charge in [-0.25, -0.2) is 0 Å². The number of hydrogen-bond acceptors (Lipinski definition) is 1. The molecule has 1 aromatic heterocycles. The molecule has 0 N–H and O–H groups in total. The van der Waals surface area contributed by atoms with Crippen LogP contribution in [-0.4, -0.2) is 0 Å². The lowest BCUT2D eigenvalue weighted by Gasteiger charge is -2.11. The van der Waals surface area contributed by atoms with Gasteiger partial charge in [-0.1, -0.05) is 12.1 Å². The Balaban J connectivity index is 2.52. The van der Waals surface area contributed by atoms with Crippen LogP contribution in [0, 0.1) is 6.92 Å². The summed E-state index contributed by atoms with van der Waals surface area (Å²) in [4.78, 5) is 0. The molecule has 0 bridgehead atoms. The molecule has 0 saturated heterocycles. The van der Waals surface area contributed by atoms with Crippen LogP contribution in [0.1, 0.15) is 11.1 Å². The van der Waals surface area contributed by atoms with Gasteiger partial charge < -0.3 is 4.42 Å². The second-order valence-electron chi connectivity index (χ2n) is 3.50. The molecule has 2 rings (SSSR count). The molecule has 4 heteroatoms. The van der Waals surface area contributed by atoms with E-state index in [0.29, 0.717) is 11.3 Å². The van der Waals surface area contributed by atoms with Crippen LogP contribution < -0.4 is 0 Å². The van der Waals surface area contributed by atoms with Gasteiger partial charge in [0.05, 0.1) is 11.8 Å². The quantitative estimate of drug-likeness (QED) is 0.707. The highest BCUT2D eigenvalue weighted by Crippen LogP contribution is 2.34. The number of halogens is 3. The predicted molar refractivity (Wildman–Crippen MR) is 53.9 cm³/mol. The molecule has 0 spiro atoms. The first kappa shape index (κ1) is 10.8. The summed E-state index contributed by atoms with van der Waals surface area (Å²) < 4.78 is 43.0. The third-order valence-corrected chi connectivity index (χ3v) is 2.35. The lowest BCUT2D eigenvalue weighted by Crippen LogP contribution is -2.07. The molecule has 0 amide bonds. The number of benzene rings is 1. The molecule has 2 aromatic rings. The van der Waals surface area contributed by atoms with Crippen molar-refractivity contribution in [2.75, 3.05) is 0 Å². The summed E-state index contributed by atoms with van der Waals surface area (Å²) >= 11 is 0. The van der Waals surface area contributed by atoms with Gasteiger partial charge in [-0.2, -0.15) is 13.2 Å². The predicted octanol–water partition coefficient (Wildman–Crippen LogP) is 4.27. The van der Waals surface area contributed by atoms with E-state index in [1.807, 2.05) is 0 Å².